The molecule has 0 aliphatic heterocycles. The molecule has 2 N–H and O–H groups in total. The van der Waals surface area contributed by atoms with Crippen molar-refractivity contribution in [2.75, 3.05) is 10.6 Å². The largest absolute Gasteiger partial charge is 0.323 e. The third kappa shape index (κ3) is 3.87. The quantitative estimate of drug-likeness (QED) is 0.618. The Morgan fingerprint density at radius 2 is 1.82 bits per heavy atom. The third-order valence-electron chi connectivity index (χ3n) is 2.86. The van der Waals surface area contributed by atoms with E-state index in [1.807, 2.05) is 0 Å². The zero-order valence-electron chi connectivity index (χ0n) is 11.4. The first-order chi connectivity index (χ1) is 10.4. The van der Waals surface area contributed by atoms with Crippen molar-refractivity contribution in [2.24, 2.45) is 0 Å². The minimum atomic E-state index is -0.540. The van der Waals surface area contributed by atoms with Crippen LogP contribution in [-0.4, -0.2) is 11.0 Å². The van der Waals surface area contributed by atoms with Crippen molar-refractivity contribution in [1.82, 2.24) is 0 Å². The molecule has 2 aromatic carbocycles. The molecule has 2 rings (SSSR count). The van der Waals surface area contributed by atoms with E-state index in [1.165, 1.54) is 18.2 Å². The van der Waals surface area contributed by atoms with Crippen molar-refractivity contribution < 1.29 is 9.72 Å². The predicted molar refractivity (Wildman–Crippen MR) is 86.9 cm³/mol. The highest BCUT2D eigenvalue weighted by Crippen LogP contribution is 2.26. The molecule has 2 aromatic rings. The molecular weight excluding hydrogens is 329 g/mol. The molecule has 0 atom stereocenters. The van der Waals surface area contributed by atoms with Crippen LogP contribution < -0.4 is 10.6 Å². The van der Waals surface area contributed by atoms with Gasteiger partial charge in [0.15, 0.2) is 0 Å². The summed E-state index contributed by atoms with van der Waals surface area (Å²) in [7, 11) is 0. The standard InChI is InChI=1S/C14H11Cl2N3O3/c1-8-2-4-10(19(21)22)7-13(8)18-14(20)17-9-3-5-11(15)12(16)6-9/h2-7H,1H3,(H2,17,18,20). The number of non-ortho nitro benzene ring substituents is 1. The molecule has 0 spiro atoms. The second-order valence-electron chi connectivity index (χ2n) is 4.46. The first-order valence-corrected chi connectivity index (χ1v) is 6.90. The van der Waals surface area contributed by atoms with Gasteiger partial charge < -0.3 is 10.6 Å². The summed E-state index contributed by atoms with van der Waals surface area (Å²) in [5.74, 6) is 0. The van der Waals surface area contributed by atoms with Crippen molar-refractivity contribution in [3.05, 3.63) is 62.1 Å². The SMILES string of the molecule is Cc1ccc([N+](=O)[O-])cc1NC(=O)Nc1ccc(Cl)c(Cl)c1. The highest BCUT2D eigenvalue weighted by Gasteiger charge is 2.11. The molecule has 0 saturated heterocycles. The molecule has 0 aromatic heterocycles. The fraction of sp³-hybridized carbons (Fsp3) is 0.0714. The van der Waals surface area contributed by atoms with Crippen molar-refractivity contribution in [1.29, 1.82) is 0 Å². The number of amides is 2. The zero-order valence-corrected chi connectivity index (χ0v) is 12.9. The van der Waals surface area contributed by atoms with Crippen LogP contribution in [0, 0.1) is 17.0 Å². The monoisotopic (exact) mass is 339 g/mol. The number of carbonyl (C=O) groups is 1. The van der Waals surface area contributed by atoms with Gasteiger partial charge in [0.1, 0.15) is 0 Å². The van der Waals surface area contributed by atoms with Crippen LogP contribution in [0.25, 0.3) is 0 Å². The number of nitro benzene ring substituents is 1. The number of nitrogens with one attached hydrogen (secondary N) is 2. The first kappa shape index (κ1) is 16.1. The maximum atomic E-state index is 11.9. The lowest BCUT2D eigenvalue weighted by molar-refractivity contribution is -0.384. The number of urea groups is 1. The Bertz CT molecular complexity index is 750. The van der Waals surface area contributed by atoms with Crippen molar-refractivity contribution >= 4 is 46.3 Å². The van der Waals surface area contributed by atoms with E-state index in [4.69, 9.17) is 23.2 Å². The summed E-state index contributed by atoms with van der Waals surface area (Å²) in [6.45, 7) is 1.73. The van der Waals surface area contributed by atoms with Crippen LogP contribution in [0.3, 0.4) is 0 Å². The van der Waals surface area contributed by atoms with Crippen LogP contribution in [0.1, 0.15) is 5.56 Å². The minimum Gasteiger partial charge on any atom is -0.308 e. The van der Waals surface area contributed by atoms with Crippen LogP contribution in [-0.2, 0) is 0 Å². The van der Waals surface area contributed by atoms with Gasteiger partial charge in [0.05, 0.1) is 20.7 Å². The lowest BCUT2D eigenvalue weighted by atomic mass is 10.2. The number of hydrogen-bond donors (Lipinski definition) is 2. The molecule has 6 nitrogen and oxygen atoms in total. The highest BCUT2D eigenvalue weighted by molar-refractivity contribution is 6.42. The van der Waals surface area contributed by atoms with E-state index in [0.717, 1.165) is 0 Å². The van der Waals surface area contributed by atoms with Gasteiger partial charge in [0.2, 0.25) is 0 Å². The smallest absolute Gasteiger partial charge is 0.308 e. The normalized spacial score (nSPS) is 10.1. The lowest BCUT2D eigenvalue weighted by Gasteiger charge is -2.10. The molecule has 0 heterocycles. The fourth-order valence-corrected chi connectivity index (χ4v) is 2.01. The summed E-state index contributed by atoms with van der Waals surface area (Å²) < 4.78 is 0. The molecule has 0 saturated carbocycles. The summed E-state index contributed by atoms with van der Waals surface area (Å²) in [5.41, 5.74) is 1.41. The Morgan fingerprint density at radius 3 is 2.45 bits per heavy atom. The number of hydrogen-bond acceptors (Lipinski definition) is 3. The number of rotatable bonds is 3. The van der Waals surface area contributed by atoms with E-state index in [0.29, 0.717) is 27.0 Å². The zero-order chi connectivity index (χ0) is 16.3. The Hall–Kier alpha value is -2.31. The molecule has 22 heavy (non-hydrogen) atoms. The number of nitro groups is 1. The van der Waals surface area contributed by atoms with Crippen LogP contribution in [0.5, 0.6) is 0 Å². The van der Waals surface area contributed by atoms with Gasteiger partial charge in [0.25, 0.3) is 5.69 Å². The van der Waals surface area contributed by atoms with E-state index in [9.17, 15) is 14.9 Å². The maximum Gasteiger partial charge on any atom is 0.323 e. The Kier molecular flexibility index (Phi) is 4.85. The Labute approximate surface area is 136 Å². The first-order valence-electron chi connectivity index (χ1n) is 6.15. The number of aryl methyl sites for hydroxylation is 1. The topological polar surface area (TPSA) is 84.3 Å². The maximum absolute atomic E-state index is 11.9. The average Bonchev–Trinajstić information content (AvgIpc) is 2.45. The van der Waals surface area contributed by atoms with Gasteiger partial charge in [-0.25, -0.2) is 4.79 Å². The van der Waals surface area contributed by atoms with Gasteiger partial charge in [-0.2, -0.15) is 0 Å². The lowest BCUT2D eigenvalue weighted by Crippen LogP contribution is -2.20. The second kappa shape index (κ2) is 6.64. The summed E-state index contributed by atoms with van der Waals surface area (Å²) in [6, 6.07) is 8.34. The van der Waals surface area contributed by atoms with E-state index in [1.54, 1.807) is 25.1 Å². The second-order valence-corrected chi connectivity index (χ2v) is 5.28. The molecule has 2 amide bonds. The summed E-state index contributed by atoms with van der Waals surface area (Å²) in [5, 5.41) is 16.6. The molecule has 0 radical (unpaired) electrons. The van der Waals surface area contributed by atoms with Crippen molar-refractivity contribution in [3.8, 4) is 0 Å². The highest BCUT2D eigenvalue weighted by atomic mass is 35.5. The Balaban J connectivity index is 2.13. The van der Waals surface area contributed by atoms with Crippen LogP contribution in [0.2, 0.25) is 10.0 Å². The van der Waals surface area contributed by atoms with Gasteiger partial charge in [-0.1, -0.05) is 29.3 Å². The molecule has 0 aliphatic rings. The van der Waals surface area contributed by atoms with Gasteiger partial charge in [0, 0.05) is 17.8 Å². The number of halogens is 2. The molecule has 0 bridgehead atoms. The van der Waals surface area contributed by atoms with Crippen molar-refractivity contribution in [3.63, 3.8) is 0 Å². The summed E-state index contributed by atoms with van der Waals surface area (Å²) >= 11 is 11.7. The third-order valence-corrected chi connectivity index (χ3v) is 3.60. The molecule has 0 aliphatic carbocycles. The van der Waals surface area contributed by atoms with Crippen LogP contribution in [0.4, 0.5) is 21.9 Å². The molecule has 8 heteroatoms. The number of carbonyl (C=O) groups excluding carboxylic acids is 1. The minimum absolute atomic E-state index is 0.101. The number of nitrogens with zero attached hydrogens (tertiary/aromatic N) is 1. The number of benzene rings is 2. The molecular formula is C14H11Cl2N3O3. The Morgan fingerprint density at radius 1 is 1.09 bits per heavy atom. The average molecular weight is 340 g/mol. The summed E-state index contributed by atoms with van der Waals surface area (Å²) in [4.78, 5) is 22.2. The van der Waals surface area contributed by atoms with Gasteiger partial charge in [-0.05, 0) is 30.7 Å². The van der Waals surface area contributed by atoms with Crippen molar-refractivity contribution in [2.45, 2.75) is 6.92 Å². The van der Waals surface area contributed by atoms with Gasteiger partial charge in [-0.15, -0.1) is 0 Å². The molecule has 0 fully saturated rings. The fourth-order valence-electron chi connectivity index (χ4n) is 1.72. The predicted octanol–water partition coefficient (Wildman–Crippen LogP) is 4.85. The number of anilines is 2. The molecule has 114 valence electrons. The van der Waals surface area contributed by atoms with E-state index in [-0.39, 0.29) is 5.69 Å². The van der Waals surface area contributed by atoms with E-state index < -0.39 is 11.0 Å². The van der Waals surface area contributed by atoms with Gasteiger partial charge in [-0.3, -0.25) is 10.1 Å². The van der Waals surface area contributed by atoms with Crippen LogP contribution in [0.15, 0.2) is 36.4 Å². The van der Waals surface area contributed by atoms with Gasteiger partial charge >= 0.3 is 6.03 Å². The van der Waals surface area contributed by atoms with Crippen LogP contribution >= 0.6 is 23.2 Å². The molecule has 0 unspecified atom stereocenters. The van der Waals surface area contributed by atoms with E-state index >= 15 is 0 Å². The van der Waals surface area contributed by atoms with E-state index in [2.05, 4.69) is 10.6 Å². The summed E-state index contributed by atoms with van der Waals surface area (Å²) in [6.07, 6.45) is 0.